The largest absolute Gasteiger partial charge is 1.00 e. The maximum Gasteiger partial charge on any atom is 1.00 e. The van der Waals surface area contributed by atoms with Crippen molar-refractivity contribution in [1.29, 1.82) is 0 Å². The van der Waals surface area contributed by atoms with E-state index in [1.807, 2.05) is 154 Å². The summed E-state index contributed by atoms with van der Waals surface area (Å²) >= 11 is 0. The molecule has 0 aromatic heterocycles. The Morgan fingerprint density at radius 1 is 0.267 bits per heavy atom. The third-order valence-corrected chi connectivity index (χ3v) is 12.7. The van der Waals surface area contributed by atoms with E-state index in [-0.39, 0.29) is 181 Å². The van der Waals surface area contributed by atoms with Gasteiger partial charge in [-0.1, -0.05) is 0 Å². The third-order valence-electron chi connectivity index (χ3n) is 12.7. The Bertz CT molecular complexity index is 1860. The zero-order valence-corrected chi connectivity index (χ0v) is 66.3. The van der Waals surface area contributed by atoms with Gasteiger partial charge in [-0.2, -0.15) is 0 Å². The molecule has 0 spiro atoms. The van der Waals surface area contributed by atoms with Gasteiger partial charge >= 0.3 is 107 Å². The Kier molecular flexibility index (Phi) is 49.0. The van der Waals surface area contributed by atoms with E-state index in [1.165, 1.54) is 0 Å². The first-order valence-corrected chi connectivity index (χ1v) is 30.9. The molecule has 2 heterocycles. The average molecular weight is 1440 g/mol. The van der Waals surface area contributed by atoms with Crippen molar-refractivity contribution >= 4 is 47.8 Å². The van der Waals surface area contributed by atoms with Crippen molar-refractivity contribution in [2.24, 2.45) is 0 Å². The molecule has 2 aliphatic rings. The number of esters is 6. The number of carbonyl (C=O) groups is 8. The van der Waals surface area contributed by atoms with E-state index < -0.39 is 45.5 Å². The number of hydrogen-bond donors (Lipinski definition) is 2. The molecule has 90 heavy (non-hydrogen) atoms. The van der Waals surface area contributed by atoms with Gasteiger partial charge in [-0.05, 0) is 163 Å². The van der Waals surface area contributed by atoms with Crippen LogP contribution in [0.2, 0.25) is 0 Å². The van der Waals surface area contributed by atoms with Crippen LogP contribution in [0.15, 0.2) is 0 Å². The van der Waals surface area contributed by atoms with E-state index in [4.69, 9.17) is 38.6 Å². The first kappa shape index (κ1) is 94.8. The monoisotopic (exact) mass is 1430 g/mol. The predicted octanol–water partition coefficient (Wildman–Crippen LogP) is -7.01. The van der Waals surface area contributed by atoms with Crippen molar-refractivity contribution in [3.8, 4) is 0 Å². The molecule has 2 saturated heterocycles. The number of aliphatic carboxylic acids is 2. The van der Waals surface area contributed by atoms with Crippen LogP contribution in [0.5, 0.6) is 0 Å². The minimum absolute atomic E-state index is 0. The first-order valence-electron chi connectivity index (χ1n) is 30.9. The predicted molar refractivity (Wildman–Crippen MR) is 330 cm³/mol. The SMILES string of the molecule is CC(C)(C)OC(=O)CN1CCN(CCCCC(=O)O)CCN(CC(=O)OC(C)(C)C)CCN(CC(=O)OC(C)(C)C)CC1.CC(C)(C)OC(=O)CN1CCN(CCCCC(=O)O)CCN(CC(=O)OC(C)(C)C)CCN(CC(=O)OC(C)(C)C)CC1.[Br-].[Br-].[Na+].[Na+]. The topological polar surface area (TPSA) is 258 Å². The van der Waals surface area contributed by atoms with Gasteiger partial charge in [-0.25, -0.2) is 0 Å². The maximum absolute atomic E-state index is 12.8. The van der Waals surface area contributed by atoms with Gasteiger partial charge in [-0.3, -0.25) is 67.8 Å². The number of carbonyl (C=O) groups excluding carboxylic acids is 6. The summed E-state index contributed by atoms with van der Waals surface area (Å²) in [5.74, 6) is -3.52. The number of hydrogen-bond acceptors (Lipinski definition) is 22. The Morgan fingerprint density at radius 2 is 0.400 bits per heavy atom. The maximum atomic E-state index is 12.8. The van der Waals surface area contributed by atoms with Crippen LogP contribution in [-0.2, 0) is 66.8 Å². The van der Waals surface area contributed by atoms with Gasteiger partial charge in [0, 0.05) is 118 Å². The Morgan fingerprint density at radius 3 is 0.522 bits per heavy atom. The first-order chi connectivity index (χ1) is 39.4. The molecule has 2 fully saturated rings. The van der Waals surface area contributed by atoms with Gasteiger partial charge in [-0.15, -0.1) is 0 Å². The molecule has 0 bridgehead atoms. The number of carboxylic acid groups (broad SMARTS) is 2. The molecule has 0 unspecified atom stereocenters. The number of nitrogens with zero attached hydrogens (tertiary/aromatic N) is 8. The van der Waals surface area contributed by atoms with E-state index in [2.05, 4.69) is 9.80 Å². The average Bonchev–Trinajstić information content (AvgIpc) is 3.32. The molecule has 0 aromatic rings. The van der Waals surface area contributed by atoms with Gasteiger partial charge in [0.2, 0.25) is 0 Å². The van der Waals surface area contributed by atoms with Crippen LogP contribution in [0.25, 0.3) is 0 Å². The van der Waals surface area contributed by atoms with Crippen molar-refractivity contribution in [3.05, 3.63) is 0 Å². The summed E-state index contributed by atoms with van der Waals surface area (Å²) < 4.78 is 33.5. The number of halogens is 2. The summed E-state index contributed by atoms with van der Waals surface area (Å²) in [6.07, 6.45) is 2.86. The number of carboxylic acids is 2. The van der Waals surface area contributed by atoms with E-state index in [0.717, 1.165) is 12.8 Å². The number of ether oxygens (including phenoxy) is 6. The Labute approximate surface area is 605 Å². The zero-order chi connectivity index (χ0) is 65.7. The molecular weight excluding hydrogens is 1320 g/mol. The molecule has 24 nitrogen and oxygen atoms in total. The summed E-state index contributed by atoms with van der Waals surface area (Å²) in [6, 6.07) is 0. The number of unbranched alkanes of at least 4 members (excludes halogenated alkanes) is 2. The normalized spacial score (nSPS) is 17.1. The summed E-state index contributed by atoms with van der Waals surface area (Å²) in [5, 5.41) is 18.1. The van der Waals surface area contributed by atoms with Crippen LogP contribution in [0.1, 0.15) is 163 Å². The molecule has 2 rings (SSSR count). The summed E-state index contributed by atoms with van der Waals surface area (Å²) in [5.41, 5.74) is -3.60. The van der Waals surface area contributed by atoms with E-state index >= 15 is 0 Å². The fraction of sp³-hybridized carbons (Fsp3) is 0.871. The summed E-state index contributed by atoms with van der Waals surface area (Å²) in [6.45, 7) is 44.3. The van der Waals surface area contributed by atoms with E-state index in [9.17, 15) is 38.4 Å². The van der Waals surface area contributed by atoms with Crippen molar-refractivity contribution in [2.45, 2.75) is 197 Å². The molecule has 0 amide bonds. The van der Waals surface area contributed by atoms with E-state index in [1.54, 1.807) is 0 Å². The fourth-order valence-corrected chi connectivity index (χ4v) is 9.11. The smallest absolute Gasteiger partial charge is 1.00 e. The summed E-state index contributed by atoms with van der Waals surface area (Å²) in [4.78, 5) is 115. The Balaban J connectivity index is -0.000000787. The Hall–Kier alpha value is -1.60. The van der Waals surface area contributed by atoms with Crippen LogP contribution >= 0.6 is 0 Å². The molecule has 0 aromatic carbocycles. The second kappa shape index (κ2) is 46.5. The number of rotatable bonds is 22. The van der Waals surface area contributed by atoms with Crippen LogP contribution in [0, 0.1) is 0 Å². The second-order valence-corrected chi connectivity index (χ2v) is 28.6. The van der Waals surface area contributed by atoms with Crippen LogP contribution in [0.4, 0.5) is 0 Å². The third kappa shape index (κ3) is 55.7. The van der Waals surface area contributed by atoms with Crippen molar-refractivity contribution in [1.82, 2.24) is 39.2 Å². The zero-order valence-electron chi connectivity index (χ0n) is 59.2. The molecular formula is C62H116Br2N8Na2O16. The molecule has 0 aliphatic carbocycles. The molecule has 28 heteroatoms. The van der Waals surface area contributed by atoms with Gasteiger partial charge in [0.15, 0.2) is 0 Å². The fourth-order valence-electron chi connectivity index (χ4n) is 9.11. The van der Waals surface area contributed by atoms with Crippen LogP contribution in [0.3, 0.4) is 0 Å². The minimum atomic E-state index is -0.809. The molecule has 516 valence electrons. The minimum Gasteiger partial charge on any atom is -1.00 e. The van der Waals surface area contributed by atoms with Gasteiger partial charge in [0.1, 0.15) is 33.6 Å². The second-order valence-electron chi connectivity index (χ2n) is 28.6. The molecule has 2 aliphatic heterocycles. The van der Waals surface area contributed by atoms with Crippen molar-refractivity contribution in [2.75, 3.05) is 157 Å². The van der Waals surface area contributed by atoms with Crippen LogP contribution in [-0.4, -0.2) is 288 Å². The van der Waals surface area contributed by atoms with Gasteiger partial charge < -0.3 is 82.4 Å². The van der Waals surface area contributed by atoms with Crippen molar-refractivity contribution in [3.63, 3.8) is 0 Å². The standard InChI is InChI=1S/2C31H58N4O8.2BrH.2Na/c2*1-29(2,3)41-26(38)22-33-16-14-32(13-11-10-12-25(36)37)15-17-34(23-27(39)42-30(4,5)6)19-21-35(20-18-33)24-28(40)43-31(7,8)9;;;;/h2*10-24H2,1-9H3,(H,36,37);2*1H;;/q;;;;2*+1/p-2. The molecule has 2 N–H and O–H groups in total. The molecule has 0 radical (unpaired) electrons. The van der Waals surface area contributed by atoms with E-state index in [0.29, 0.717) is 131 Å². The van der Waals surface area contributed by atoms with Gasteiger partial charge in [0.05, 0.1) is 39.3 Å². The molecule has 0 saturated carbocycles. The quantitative estimate of drug-likeness (QED) is 0.0442. The van der Waals surface area contributed by atoms with Gasteiger partial charge in [0.25, 0.3) is 0 Å². The van der Waals surface area contributed by atoms with Crippen molar-refractivity contribution < 1.29 is 170 Å². The summed E-state index contributed by atoms with van der Waals surface area (Å²) in [7, 11) is 0. The van der Waals surface area contributed by atoms with Crippen LogP contribution < -0.4 is 93.1 Å². The molecule has 0 atom stereocenters.